The van der Waals surface area contributed by atoms with E-state index in [1.54, 1.807) is 0 Å². The second-order valence-electron chi connectivity index (χ2n) is 7.27. The summed E-state index contributed by atoms with van der Waals surface area (Å²) in [6, 6.07) is 9.21. The van der Waals surface area contributed by atoms with Gasteiger partial charge in [-0.3, -0.25) is 0 Å². The third kappa shape index (κ3) is 3.63. The molecular weight excluding hydrogens is 242 g/mol. The van der Waals surface area contributed by atoms with Crippen LogP contribution < -0.4 is 5.73 Å². The lowest BCUT2D eigenvalue weighted by Crippen LogP contribution is -2.27. The van der Waals surface area contributed by atoms with E-state index in [2.05, 4.69) is 52.0 Å². The van der Waals surface area contributed by atoms with Gasteiger partial charge < -0.3 is 5.73 Å². The van der Waals surface area contributed by atoms with Gasteiger partial charge in [0.05, 0.1) is 0 Å². The number of hydrogen-bond donors (Lipinski definition) is 1. The third-order valence-corrected chi connectivity index (χ3v) is 5.26. The van der Waals surface area contributed by atoms with Crippen LogP contribution in [0, 0.1) is 17.8 Å². The van der Waals surface area contributed by atoms with Gasteiger partial charge >= 0.3 is 0 Å². The van der Waals surface area contributed by atoms with Crippen LogP contribution >= 0.6 is 0 Å². The molecule has 1 saturated carbocycles. The Kier molecular flexibility index (Phi) is 5.26. The van der Waals surface area contributed by atoms with Crippen molar-refractivity contribution >= 4 is 0 Å². The fourth-order valence-electron chi connectivity index (χ4n) is 3.55. The summed E-state index contributed by atoms with van der Waals surface area (Å²) < 4.78 is 0. The van der Waals surface area contributed by atoms with Crippen LogP contribution in [0.5, 0.6) is 0 Å². The van der Waals surface area contributed by atoms with Gasteiger partial charge in [-0.1, -0.05) is 52.0 Å². The van der Waals surface area contributed by atoms with E-state index < -0.39 is 0 Å². The fraction of sp³-hybridized carbons (Fsp3) is 0.684. The van der Waals surface area contributed by atoms with Gasteiger partial charge in [-0.25, -0.2) is 0 Å². The highest BCUT2D eigenvalue weighted by atomic mass is 14.7. The number of rotatable bonds is 4. The zero-order valence-electron chi connectivity index (χ0n) is 13.6. The van der Waals surface area contributed by atoms with E-state index in [1.807, 2.05) is 0 Å². The van der Waals surface area contributed by atoms with E-state index in [-0.39, 0.29) is 6.04 Å². The van der Waals surface area contributed by atoms with Crippen molar-refractivity contribution in [1.82, 2.24) is 0 Å². The number of nitrogens with two attached hydrogens (primary N) is 1. The molecule has 0 aromatic heterocycles. The van der Waals surface area contributed by atoms with E-state index in [1.165, 1.54) is 36.8 Å². The van der Waals surface area contributed by atoms with Crippen LogP contribution in [0.25, 0.3) is 0 Å². The molecule has 112 valence electrons. The SMILES string of the molecule is CC(C)c1ccc(C(N)C2CCC(C(C)C)CC2)cc1. The highest BCUT2D eigenvalue weighted by molar-refractivity contribution is 5.27. The minimum atomic E-state index is 0.226. The molecule has 1 aromatic rings. The Labute approximate surface area is 125 Å². The largest absolute Gasteiger partial charge is 0.324 e. The van der Waals surface area contributed by atoms with E-state index >= 15 is 0 Å². The van der Waals surface area contributed by atoms with Crippen molar-refractivity contribution in [3.63, 3.8) is 0 Å². The smallest absolute Gasteiger partial charge is 0.0323 e. The molecule has 1 nitrogen and oxygen atoms in total. The third-order valence-electron chi connectivity index (χ3n) is 5.26. The quantitative estimate of drug-likeness (QED) is 0.794. The molecule has 0 amide bonds. The first-order chi connectivity index (χ1) is 9.49. The van der Waals surface area contributed by atoms with Crippen LogP contribution in [-0.2, 0) is 0 Å². The minimum absolute atomic E-state index is 0.226. The summed E-state index contributed by atoms with van der Waals surface area (Å²) in [4.78, 5) is 0. The van der Waals surface area contributed by atoms with Crippen molar-refractivity contribution in [3.05, 3.63) is 35.4 Å². The maximum absolute atomic E-state index is 6.52. The normalized spacial score (nSPS) is 25.1. The molecule has 0 bridgehead atoms. The van der Waals surface area contributed by atoms with Crippen LogP contribution in [0.4, 0.5) is 0 Å². The van der Waals surface area contributed by atoms with Gasteiger partial charge in [0.1, 0.15) is 0 Å². The second kappa shape index (κ2) is 6.76. The van der Waals surface area contributed by atoms with Crippen LogP contribution in [0.2, 0.25) is 0 Å². The van der Waals surface area contributed by atoms with E-state index in [0.717, 1.165) is 11.8 Å². The lowest BCUT2D eigenvalue weighted by molar-refractivity contribution is 0.203. The predicted octanol–water partition coefficient (Wildman–Crippen LogP) is 5.27. The van der Waals surface area contributed by atoms with Gasteiger partial charge in [-0.2, -0.15) is 0 Å². The molecule has 0 radical (unpaired) electrons. The number of hydrogen-bond acceptors (Lipinski definition) is 1. The molecule has 1 atom stereocenters. The standard InChI is InChI=1S/C19H31N/c1-13(2)15-5-9-17(10-6-15)19(20)18-11-7-16(8-12-18)14(3)4/h5-6,9-10,13-14,16,18-19H,7-8,11-12,20H2,1-4H3. The fourth-order valence-corrected chi connectivity index (χ4v) is 3.55. The second-order valence-corrected chi connectivity index (χ2v) is 7.27. The summed E-state index contributed by atoms with van der Waals surface area (Å²) in [5, 5.41) is 0. The topological polar surface area (TPSA) is 26.0 Å². The Balaban J connectivity index is 1.96. The van der Waals surface area contributed by atoms with Gasteiger partial charge in [0.2, 0.25) is 0 Å². The lowest BCUT2D eigenvalue weighted by Gasteiger charge is -2.34. The van der Waals surface area contributed by atoms with E-state index in [0.29, 0.717) is 11.8 Å². The molecule has 0 aliphatic heterocycles. The average Bonchev–Trinajstić information content (AvgIpc) is 2.46. The molecule has 2 N–H and O–H groups in total. The summed E-state index contributed by atoms with van der Waals surface area (Å²) in [6.07, 6.45) is 5.33. The molecule has 20 heavy (non-hydrogen) atoms. The van der Waals surface area contributed by atoms with Crippen molar-refractivity contribution in [2.24, 2.45) is 23.5 Å². The predicted molar refractivity (Wildman–Crippen MR) is 87.7 cm³/mol. The highest BCUT2D eigenvalue weighted by Crippen LogP contribution is 2.38. The zero-order chi connectivity index (χ0) is 14.7. The Morgan fingerprint density at radius 3 is 1.70 bits per heavy atom. The van der Waals surface area contributed by atoms with Gasteiger partial charge in [0.25, 0.3) is 0 Å². The van der Waals surface area contributed by atoms with Gasteiger partial charge in [-0.15, -0.1) is 0 Å². The molecule has 0 saturated heterocycles. The molecule has 1 aliphatic rings. The van der Waals surface area contributed by atoms with E-state index in [9.17, 15) is 0 Å². The van der Waals surface area contributed by atoms with Crippen LogP contribution in [0.3, 0.4) is 0 Å². The maximum atomic E-state index is 6.52. The molecule has 0 heterocycles. The van der Waals surface area contributed by atoms with Crippen molar-refractivity contribution < 1.29 is 0 Å². The monoisotopic (exact) mass is 273 g/mol. The average molecular weight is 273 g/mol. The molecule has 0 spiro atoms. The Morgan fingerprint density at radius 2 is 1.25 bits per heavy atom. The van der Waals surface area contributed by atoms with Gasteiger partial charge in [-0.05, 0) is 60.5 Å². The molecular formula is C19H31N. The molecule has 1 fully saturated rings. The van der Waals surface area contributed by atoms with Crippen LogP contribution in [0.1, 0.15) is 76.5 Å². The summed E-state index contributed by atoms with van der Waals surface area (Å²) in [7, 11) is 0. The lowest BCUT2D eigenvalue weighted by atomic mass is 9.73. The summed E-state index contributed by atoms with van der Waals surface area (Å²) in [5.41, 5.74) is 9.25. The first-order valence-corrected chi connectivity index (χ1v) is 8.34. The Morgan fingerprint density at radius 1 is 0.800 bits per heavy atom. The van der Waals surface area contributed by atoms with Gasteiger partial charge in [0, 0.05) is 6.04 Å². The molecule has 1 aromatic carbocycles. The highest BCUT2D eigenvalue weighted by Gasteiger charge is 2.27. The zero-order valence-corrected chi connectivity index (χ0v) is 13.6. The van der Waals surface area contributed by atoms with Crippen LogP contribution in [0.15, 0.2) is 24.3 Å². The maximum Gasteiger partial charge on any atom is 0.0323 e. The van der Waals surface area contributed by atoms with Crippen molar-refractivity contribution in [2.45, 2.75) is 65.3 Å². The van der Waals surface area contributed by atoms with Crippen molar-refractivity contribution in [1.29, 1.82) is 0 Å². The first-order valence-electron chi connectivity index (χ1n) is 8.34. The summed E-state index contributed by atoms with van der Waals surface area (Å²) >= 11 is 0. The number of benzene rings is 1. The molecule has 1 aliphatic carbocycles. The van der Waals surface area contributed by atoms with Gasteiger partial charge in [0.15, 0.2) is 0 Å². The molecule has 2 rings (SSSR count). The first kappa shape index (κ1) is 15.6. The molecule has 1 unspecified atom stereocenters. The van der Waals surface area contributed by atoms with Crippen molar-refractivity contribution in [3.8, 4) is 0 Å². The summed E-state index contributed by atoms with van der Waals surface area (Å²) in [6.45, 7) is 9.19. The molecule has 1 heteroatoms. The Bertz CT molecular complexity index is 396. The van der Waals surface area contributed by atoms with Crippen LogP contribution in [-0.4, -0.2) is 0 Å². The minimum Gasteiger partial charge on any atom is -0.324 e. The van der Waals surface area contributed by atoms with E-state index in [4.69, 9.17) is 5.73 Å². The summed E-state index contributed by atoms with van der Waals surface area (Å²) in [5.74, 6) is 3.02. The Hall–Kier alpha value is -0.820. The van der Waals surface area contributed by atoms with Crippen molar-refractivity contribution in [2.75, 3.05) is 0 Å².